The summed E-state index contributed by atoms with van der Waals surface area (Å²) in [5.41, 5.74) is 2.76. The Bertz CT molecular complexity index is 445. The summed E-state index contributed by atoms with van der Waals surface area (Å²) in [6.07, 6.45) is 2.44. The van der Waals surface area contributed by atoms with Crippen LogP contribution >= 0.6 is 15.9 Å². The van der Waals surface area contributed by atoms with Crippen LogP contribution in [0.5, 0.6) is 0 Å². The third-order valence-electron chi connectivity index (χ3n) is 4.20. The number of halogens is 1. The van der Waals surface area contributed by atoms with E-state index in [-0.39, 0.29) is 0 Å². The topological polar surface area (TPSA) is 15.3 Å². The number of nitrogens with one attached hydrogen (secondary N) is 1. The fourth-order valence-electron chi connectivity index (χ4n) is 3.19. The highest BCUT2D eigenvalue weighted by Crippen LogP contribution is 2.28. The Hall–Kier alpha value is -0.540. The monoisotopic (exact) mass is 338 g/mol. The van der Waals surface area contributed by atoms with Crippen LogP contribution in [0.15, 0.2) is 22.7 Å². The lowest BCUT2D eigenvalue weighted by molar-refractivity contribution is 0.343. The van der Waals surface area contributed by atoms with Gasteiger partial charge in [-0.15, -0.1) is 0 Å². The number of rotatable bonds is 4. The third kappa shape index (κ3) is 3.76. The Morgan fingerprint density at radius 1 is 1.40 bits per heavy atom. The molecule has 1 heterocycles. The lowest BCUT2D eigenvalue weighted by atomic mass is 9.97. The Kier molecular flexibility index (Phi) is 5.50. The van der Waals surface area contributed by atoms with Crippen LogP contribution in [0.3, 0.4) is 0 Å². The van der Waals surface area contributed by atoms with Crippen molar-refractivity contribution in [2.75, 3.05) is 18.0 Å². The molecule has 0 bridgehead atoms. The van der Waals surface area contributed by atoms with E-state index in [0.29, 0.717) is 12.1 Å². The van der Waals surface area contributed by atoms with Crippen molar-refractivity contribution in [2.45, 2.75) is 52.6 Å². The minimum Gasteiger partial charge on any atom is -0.366 e. The molecule has 1 aromatic carbocycles. The minimum absolute atomic E-state index is 0.610. The van der Waals surface area contributed by atoms with Crippen LogP contribution in [0.1, 0.15) is 39.2 Å². The second-order valence-electron chi connectivity index (χ2n) is 6.38. The van der Waals surface area contributed by atoms with Gasteiger partial charge in [0, 0.05) is 35.3 Å². The zero-order valence-corrected chi connectivity index (χ0v) is 14.7. The second kappa shape index (κ2) is 6.95. The molecule has 1 N–H and O–H groups in total. The summed E-state index contributed by atoms with van der Waals surface area (Å²) in [5, 5.41) is 3.73. The molecule has 0 radical (unpaired) electrons. The van der Waals surface area contributed by atoms with Crippen LogP contribution in [0.2, 0.25) is 0 Å². The van der Waals surface area contributed by atoms with E-state index in [0.717, 1.165) is 19.0 Å². The first kappa shape index (κ1) is 15.8. The molecule has 3 heteroatoms. The van der Waals surface area contributed by atoms with Crippen molar-refractivity contribution in [1.29, 1.82) is 0 Å². The predicted octanol–water partition coefficient (Wildman–Crippen LogP) is 4.36. The van der Waals surface area contributed by atoms with E-state index < -0.39 is 0 Å². The largest absolute Gasteiger partial charge is 0.366 e. The molecule has 0 amide bonds. The van der Waals surface area contributed by atoms with Gasteiger partial charge < -0.3 is 10.2 Å². The fraction of sp³-hybridized carbons (Fsp3) is 0.647. The van der Waals surface area contributed by atoms with Crippen molar-refractivity contribution >= 4 is 21.6 Å². The number of aryl methyl sites for hydroxylation is 1. The molecule has 20 heavy (non-hydrogen) atoms. The maximum absolute atomic E-state index is 3.73. The van der Waals surface area contributed by atoms with Crippen molar-refractivity contribution in [1.82, 2.24) is 5.32 Å². The maximum Gasteiger partial charge on any atom is 0.0412 e. The highest BCUT2D eigenvalue weighted by Gasteiger charge is 2.27. The summed E-state index contributed by atoms with van der Waals surface area (Å²) in [5.74, 6) is 0.749. The van der Waals surface area contributed by atoms with Gasteiger partial charge in [-0.1, -0.05) is 36.7 Å². The Balaban J connectivity index is 2.20. The average Bonchev–Trinajstić information content (AvgIpc) is 2.38. The molecule has 0 aliphatic carbocycles. The van der Waals surface area contributed by atoms with E-state index in [2.05, 4.69) is 72.0 Å². The fourth-order valence-corrected chi connectivity index (χ4v) is 3.67. The summed E-state index contributed by atoms with van der Waals surface area (Å²) in [6.45, 7) is 11.3. The van der Waals surface area contributed by atoms with Crippen molar-refractivity contribution in [3.05, 3.63) is 28.2 Å². The predicted molar refractivity (Wildman–Crippen MR) is 91.5 cm³/mol. The number of piperazine rings is 1. The Labute approximate surface area is 132 Å². The summed E-state index contributed by atoms with van der Waals surface area (Å²) in [7, 11) is 0. The van der Waals surface area contributed by atoms with Crippen LogP contribution in [0.25, 0.3) is 0 Å². The molecule has 0 saturated carbocycles. The van der Waals surface area contributed by atoms with Crippen molar-refractivity contribution in [3.8, 4) is 0 Å². The van der Waals surface area contributed by atoms with Crippen LogP contribution in [-0.2, 0) is 0 Å². The number of benzene rings is 1. The Morgan fingerprint density at radius 2 is 2.15 bits per heavy atom. The molecule has 2 atom stereocenters. The molecular formula is C17H27BrN2. The van der Waals surface area contributed by atoms with Gasteiger partial charge in [-0.05, 0) is 49.4 Å². The van der Waals surface area contributed by atoms with Gasteiger partial charge in [-0.3, -0.25) is 0 Å². The van der Waals surface area contributed by atoms with Crippen LogP contribution in [0, 0.1) is 12.8 Å². The van der Waals surface area contributed by atoms with Gasteiger partial charge in [0.25, 0.3) is 0 Å². The first-order valence-corrected chi connectivity index (χ1v) is 8.56. The third-order valence-corrected chi connectivity index (χ3v) is 4.69. The number of hydrogen-bond acceptors (Lipinski definition) is 2. The van der Waals surface area contributed by atoms with Crippen LogP contribution in [-0.4, -0.2) is 25.2 Å². The minimum atomic E-state index is 0.610. The van der Waals surface area contributed by atoms with Gasteiger partial charge >= 0.3 is 0 Å². The van der Waals surface area contributed by atoms with Gasteiger partial charge in [0.1, 0.15) is 0 Å². The molecule has 1 aliphatic rings. The normalized spacial score (nSPS) is 23.4. The smallest absolute Gasteiger partial charge is 0.0412 e. The van der Waals surface area contributed by atoms with Crippen molar-refractivity contribution in [2.24, 2.45) is 5.92 Å². The summed E-state index contributed by atoms with van der Waals surface area (Å²) in [4.78, 5) is 2.62. The standard InChI is InChI=1S/C17H27BrN2/c1-5-16-10-19-15(8-12(2)3)11-20(16)17-7-6-14(18)9-13(17)4/h6-7,9,12,15-16,19H,5,8,10-11H2,1-4H3. The molecule has 0 aromatic heterocycles. The van der Waals surface area contributed by atoms with E-state index in [4.69, 9.17) is 0 Å². The van der Waals surface area contributed by atoms with E-state index in [9.17, 15) is 0 Å². The molecule has 2 nitrogen and oxygen atoms in total. The number of anilines is 1. The molecule has 1 fully saturated rings. The van der Waals surface area contributed by atoms with Gasteiger partial charge in [0.2, 0.25) is 0 Å². The van der Waals surface area contributed by atoms with E-state index in [1.807, 2.05) is 0 Å². The van der Waals surface area contributed by atoms with Gasteiger partial charge in [-0.25, -0.2) is 0 Å². The zero-order valence-electron chi connectivity index (χ0n) is 13.1. The highest BCUT2D eigenvalue weighted by molar-refractivity contribution is 9.10. The highest BCUT2D eigenvalue weighted by atomic mass is 79.9. The van der Waals surface area contributed by atoms with Gasteiger partial charge in [-0.2, -0.15) is 0 Å². The lowest BCUT2D eigenvalue weighted by Gasteiger charge is -2.43. The molecule has 112 valence electrons. The summed E-state index contributed by atoms with van der Waals surface area (Å²) < 4.78 is 1.17. The van der Waals surface area contributed by atoms with Crippen molar-refractivity contribution < 1.29 is 0 Å². The average molecular weight is 339 g/mol. The van der Waals surface area contributed by atoms with Gasteiger partial charge in [0.05, 0.1) is 0 Å². The quantitative estimate of drug-likeness (QED) is 0.877. The van der Waals surface area contributed by atoms with E-state index in [1.165, 1.54) is 28.6 Å². The summed E-state index contributed by atoms with van der Waals surface area (Å²) in [6, 6.07) is 7.87. The molecule has 2 rings (SSSR count). The number of nitrogens with zero attached hydrogens (tertiary/aromatic N) is 1. The Morgan fingerprint density at radius 3 is 2.75 bits per heavy atom. The molecule has 1 saturated heterocycles. The molecule has 1 aliphatic heterocycles. The second-order valence-corrected chi connectivity index (χ2v) is 7.30. The first-order chi connectivity index (χ1) is 9.51. The summed E-state index contributed by atoms with van der Waals surface area (Å²) >= 11 is 3.57. The van der Waals surface area contributed by atoms with Crippen LogP contribution < -0.4 is 10.2 Å². The maximum atomic E-state index is 3.73. The van der Waals surface area contributed by atoms with Gasteiger partial charge in [0.15, 0.2) is 0 Å². The van der Waals surface area contributed by atoms with E-state index in [1.54, 1.807) is 0 Å². The molecule has 0 spiro atoms. The molecule has 2 unspecified atom stereocenters. The van der Waals surface area contributed by atoms with E-state index >= 15 is 0 Å². The van der Waals surface area contributed by atoms with Crippen LogP contribution in [0.4, 0.5) is 5.69 Å². The zero-order chi connectivity index (χ0) is 14.7. The SMILES string of the molecule is CCC1CNC(CC(C)C)CN1c1ccc(Br)cc1C. The molecule has 1 aromatic rings. The number of hydrogen-bond donors (Lipinski definition) is 1. The van der Waals surface area contributed by atoms with Crippen molar-refractivity contribution in [3.63, 3.8) is 0 Å². The lowest BCUT2D eigenvalue weighted by Crippen LogP contribution is -2.57. The first-order valence-electron chi connectivity index (χ1n) is 7.77. The molecular weight excluding hydrogens is 312 g/mol.